The molecule has 0 saturated carbocycles. The minimum Gasteiger partial charge on any atom is -0.497 e. The summed E-state index contributed by atoms with van der Waals surface area (Å²) in [5.41, 5.74) is 3.81. The van der Waals surface area contributed by atoms with Crippen molar-refractivity contribution in [3.63, 3.8) is 0 Å². The molecule has 4 aromatic carbocycles. The van der Waals surface area contributed by atoms with Gasteiger partial charge in [0.25, 0.3) is 0 Å². The van der Waals surface area contributed by atoms with E-state index in [0.29, 0.717) is 19.4 Å². The van der Waals surface area contributed by atoms with Gasteiger partial charge in [0.05, 0.1) is 80.3 Å². The van der Waals surface area contributed by atoms with E-state index in [2.05, 4.69) is 0 Å². The predicted molar refractivity (Wildman–Crippen MR) is 198 cm³/mol. The number of benzene rings is 4. The first-order chi connectivity index (χ1) is 25.9. The van der Waals surface area contributed by atoms with Crippen molar-refractivity contribution >= 4 is 0 Å². The van der Waals surface area contributed by atoms with Crippen molar-refractivity contribution in [1.29, 1.82) is 0 Å². The lowest BCUT2D eigenvalue weighted by molar-refractivity contribution is -0.274. The molecule has 1 aliphatic rings. The molecule has 286 valence electrons. The highest BCUT2D eigenvalue weighted by atomic mass is 16.6. The van der Waals surface area contributed by atoms with Gasteiger partial charge in [0.1, 0.15) is 47.4 Å². The third-order valence-electron chi connectivity index (χ3n) is 9.24. The molecule has 0 spiro atoms. The lowest BCUT2D eigenvalue weighted by Crippen LogP contribution is -2.61. The molecule has 2 N–H and O–H groups in total. The highest BCUT2D eigenvalue weighted by Crippen LogP contribution is 2.33. The molecule has 1 saturated heterocycles. The fraction of sp³-hybridized carbons (Fsp3) is 0.429. The van der Waals surface area contributed by atoms with Crippen LogP contribution in [0, 0.1) is 0 Å². The second kappa shape index (κ2) is 20.9. The van der Waals surface area contributed by atoms with Gasteiger partial charge >= 0.3 is 0 Å². The van der Waals surface area contributed by atoms with E-state index in [0.717, 1.165) is 45.3 Å². The lowest BCUT2D eigenvalue weighted by Gasteiger charge is -2.46. The molecular formula is C42H52O11. The molecule has 1 fully saturated rings. The third kappa shape index (κ3) is 11.9. The highest BCUT2D eigenvalue weighted by molar-refractivity contribution is 5.29. The second-order valence-corrected chi connectivity index (χ2v) is 12.9. The molecular weight excluding hydrogens is 680 g/mol. The van der Waals surface area contributed by atoms with Crippen LogP contribution in [0.25, 0.3) is 0 Å². The van der Waals surface area contributed by atoms with Crippen molar-refractivity contribution in [3.8, 4) is 23.0 Å². The average Bonchev–Trinajstić information content (AvgIpc) is 3.21. The SMILES string of the molecule is COc1ccc(COC[C@H]2O[C@@H](CC[C@H](O)CO)[C@H](OCc3ccc(OC)cc3)[C@@H](OCc3ccc(OC)cc3)[C@@H]2OCc2ccc(OC)cc2)cc1. The largest absolute Gasteiger partial charge is 0.497 e. The van der Waals surface area contributed by atoms with Crippen LogP contribution in [-0.2, 0) is 50.1 Å². The maximum Gasteiger partial charge on any atom is 0.118 e. The Morgan fingerprint density at radius 1 is 0.509 bits per heavy atom. The first-order valence-electron chi connectivity index (χ1n) is 17.8. The number of hydrogen-bond acceptors (Lipinski definition) is 11. The normalized spacial score (nSPS) is 20.5. The van der Waals surface area contributed by atoms with E-state index in [1.807, 2.05) is 97.1 Å². The van der Waals surface area contributed by atoms with E-state index in [9.17, 15) is 10.2 Å². The molecule has 0 bridgehead atoms. The summed E-state index contributed by atoms with van der Waals surface area (Å²) in [6, 6.07) is 30.8. The van der Waals surface area contributed by atoms with Crippen LogP contribution >= 0.6 is 0 Å². The molecule has 0 unspecified atom stereocenters. The zero-order valence-corrected chi connectivity index (χ0v) is 30.9. The summed E-state index contributed by atoms with van der Waals surface area (Å²) >= 11 is 0. The zero-order chi connectivity index (χ0) is 37.4. The number of hydrogen-bond donors (Lipinski definition) is 2. The molecule has 11 nitrogen and oxygen atoms in total. The summed E-state index contributed by atoms with van der Waals surface area (Å²) in [5, 5.41) is 20.1. The Balaban J connectivity index is 1.45. The summed E-state index contributed by atoms with van der Waals surface area (Å²) in [5.74, 6) is 3.01. The van der Waals surface area contributed by atoms with Crippen LogP contribution < -0.4 is 18.9 Å². The van der Waals surface area contributed by atoms with E-state index in [-0.39, 0.29) is 33.0 Å². The standard InChI is InChI=1S/C42H52O11/c1-45-34-14-5-29(6-15-34)24-49-28-39-41(51-26-31-9-18-36(47-3)19-10-31)42(52-27-32-11-20-37(48-4)21-12-32)40(38(53-39)22-13-33(44)23-43)50-25-30-7-16-35(46-2)17-8-30/h5-12,14-21,33,38-44H,13,22-28H2,1-4H3/t33-,38-,39+,40-,41+,42+/m0/s1. The van der Waals surface area contributed by atoms with E-state index >= 15 is 0 Å². The monoisotopic (exact) mass is 732 g/mol. The van der Waals surface area contributed by atoms with Gasteiger partial charge < -0.3 is 52.8 Å². The van der Waals surface area contributed by atoms with Crippen LogP contribution in [-0.4, -0.2) is 88.5 Å². The van der Waals surface area contributed by atoms with Crippen LogP contribution in [0.4, 0.5) is 0 Å². The zero-order valence-electron chi connectivity index (χ0n) is 30.9. The van der Waals surface area contributed by atoms with Crippen molar-refractivity contribution in [3.05, 3.63) is 119 Å². The second-order valence-electron chi connectivity index (χ2n) is 12.9. The van der Waals surface area contributed by atoms with Crippen molar-refractivity contribution in [2.45, 2.75) is 75.9 Å². The highest BCUT2D eigenvalue weighted by Gasteiger charge is 2.48. The minimum absolute atomic E-state index is 0.200. The van der Waals surface area contributed by atoms with Gasteiger partial charge in [-0.3, -0.25) is 0 Å². The molecule has 1 heterocycles. The average molecular weight is 733 g/mol. The molecule has 11 heteroatoms. The lowest BCUT2D eigenvalue weighted by atomic mass is 9.91. The van der Waals surface area contributed by atoms with Crippen LogP contribution in [0.3, 0.4) is 0 Å². The van der Waals surface area contributed by atoms with E-state index in [1.54, 1.807) is 28.4 Å². The van der Waals surface area contributed by atoms with Crippen LogP contribution in [0.5, 0.6) is 23.0 Å². The van der Waals surface area contributed by atoms with Crippen LogP contribution in [0.2, 0.25) is 0 Å². The molecule has 0 aromatic heterocycles. The Labute approximate surface area is 312 Å². The number of ether oxygens (including phenoxy) is 9. The van der Waals surface area contributed by atoms with Gasteiger partial charge in [0.2, 0.25) is 0 Å². The smallest absolute Gasteiger partial charge is 0.118 e. The molecule has 0 aliphatic carbocycles. The number of methoxy groups -OCH3 is 4. The Bertz CT molecular complexity index is 1600. The van der Waals surface area contributed by atoms with Crippen molar-refractivity contribution in [1.82, 2.24) is 0 Å². The molecule has 5 rings (SSSR count). The first-order valence-corrected chi connectivity index (χ1v) is 17.8. The van der Waals surface area contributed by atoms with Crippen molar-refractivity contribution in [2.75, 3.05) is 41.7 Å². The molecule has 6 atom stereocenters. The maximum absolute atomic E-state index is 10.4. The van der Waals surface area contributed by atoms with Gasteiger partial charge in [-0.2, -0.15) is 0 Å². The molecule has 0 radical (unpaired) electrons. The fourth-order valence-electron chi connectivity index (χ4n) is 6.16. The van der Waals surface area contributed by atoms with Gasteiger partial charge in [0.15, 0.2) is 0 Å². The number of aliphatic hydroxyl groups is 2. The number of rotatable bonds is 21. The van der Waals surface area contributed by atoms with E-state index in [4.69, 9.17) is 42.6 Å². The summed E-state index contributed by atoms with van der Waals surface area (Å²) in [7, 11) is 6.53. The summed E-state index contributed by atoms with van der Waals surface area (Å²) < 4.78 is 54.8. The molecule has 4 aromatic rings. The quantitative estimate of drug-likeness (QED) is 0.107. The summed E-state index contributed by atoms with van der Waals surface area (Å²) in [4.78, 5) is 0. The summed E-state index contributed by atoms with van der Waals surface area (Å²) in [6.45, 7) is 0.996. The Kier molecular flexibility index (Phi) is 15.8. The Morgan fingerprint density at radius 2 is 0.868 bits per heavy atom. The van der Waals surface area contributed by atoms with Crippen molar-refractivity contribution < 1.29 is 52.8 Å². The van der Waals surface area contributed by atoms with Crippen LogP contribution in [0.1, 0.15) is 35.1 Å². The molecule has 1 aliphatic heterocycles. The minimum atomic E-state index is -0.909. The van der Waals surface area contributed by atoms with E-state index < -0.39 is 36.6 Å². The van der Waals surface area contributed by atoms with Gasteiger partial charge in [-0.15, -0.1) is 0 Å². The van der Waals surface area contributed by atoms with Gasteiger partial charge in [-0.05, 0) is 83.6 Å². The summed E-state index contributed by atoms with van der Waals surface area (Å²) in [6.07, 6.45) is -3.15. The molecule has 53 heavy (non-hydrogen) atoms. The van der Waals surface area contributed by atoms with Gasteiger partial charge in [-0.1, -0.05) is 48.5 Å². The third-order valence-corrected chi connectivity index (χ3v) is 9.24. The topological polar surface area (TPSA) is 124 Å². The molecule has 0 amide bonds. The van der Waals surface area contributed by atoms with E-state index in [1.165, 1.54) is 0 Å². The van der Waals surface area contributed by atoms with Crippen molar-refractivity contribution in [2.24, 2.45) is 0 Å². The van der Waals surface area contributed by atoms with Gasteiger partial charge in [0, 0.05) is 0 Å². The first kappa shape index (κ1) is 40.0. The predicted octanol–water partition coefficient (Wildman–Crippen LogP) is 5.89. The van der Waals surface area contributed by atoms with Crippen LogP contribution in [0.15, 0.2) is 97.1 Å². The Morgan fingerprint density at radius 3 is 1.25 bits per heavy atom. The van der Waals surface area contributed by atoms with Gasteiger partial charge in [-0.25, -0.2) is 0 Å². The maximum atomic E-state index is 10.4. The number of aliphatic hydroxyl groups excluding tert-OH is 2. The Hall–Kier alpha value is -4.20. The fourth-order valence-corrected chi connectivity index (χ4v) is 6.16.